The average Bonchev–Trinajstić information content (AvgIpc) is 2.63. The third kappa shape index (κ3) is 3.79. The maximum absolute atomic E-state index is 12.6. The van der Waals surface area contributed by atoms with Crippen molar-refractivity contribution in [3.8, 4) is 0 Å². The number of carbonyl (C=O) groups excluding carboxylic acids is 1. The van der Waals surface area contributed by atoms with Crippen LogP contribution in [0, 0.1) is 6.92 Å². The number of aryl methyl sites for hydroxylation is 1. The molecule has 0 bridgehead atoms. The van der Waals surface area contributed by atoms with Gasteiger partial charge in [-0.05, 0) is 31.0 Å². The summed E-state index contributed by atoms with van der Waals surface area (Å²) >= 11 is 0. The topological polar surface area (TPSA) is 49.3 Å². The van der Waals surface area contributed by atoms with Gasteiger partial charge in [0.25, 0.3) is 5.91 Å². The number of hydrogen-bond acceptors (Lipinski definition) is 4. The standard InChI is InChI=1S/C19H24N4O/c1-3-17-14-23(19(24)18-10-9-15(2)20-21-18)12-11-22(17)13-16-7-5-4-6-8-16/h4-10,17H,3,11-14H2,1-2H3. The molecule has 5 nitrogen and oxygen atoms in total. The van der Waals surface area contributed by atoms with Crippen molar-refractivity contribution in [3.63, 3.8) is 0 Å². The summed E-state index contributed by atoms with van der Waals surface area (Å²) < 4.78 is 0. The number of hydrogen-bond donors (Lipinski definition) is 0. The Morgan fingerprint density at radius 2 is 1.92 bits per heavy atom. The van der Waals surface area contributed by atoms with Gasteiger partial charge >= 0.3 is 0 Å². The molecule has 1 fully saturated rings. The van der Waals surface area contributed by atoms with Crippen molar-refractivity contribution < 1.29 is 4.79 Å². The number of amides is 1. The molecule has 24 heavy (non-hydrogen) atoms. The zero-order chi connectivity index (χ0) is 16.9. The predicted octanol–water partition coefficient (Wildman–Crippen LogP) is 2.52. The Kier molecular flexibility index (Phi) is 5.20. The first kappa shape index (κ1) is 16.6. The Morgan fingerprint density at radius 1 is 1.12 bits per heavy atom. The van der Waals surface area contributed by atoms with E-state index in [0.717, 1.165) is 38.3 Å². The second-order valence-electron chi connectivity index (χ2n) is 6.33. The van der Waals surface area contributed by atoms with E-state index >= 15 is 0 Å². The first-order chi connectivity index (χ1) is 11.7. The van der Waals surface area contributed by atoms with Crippen LogP contribution < -0.4 is 0 Å². The van der Waals surface area contributed by atoms with E-state index in [1.807, 2.05) is 24.0 Å². The molecule has 0 N–H and O–H groups in total. The van der Waals surface area contributed by atoms with Crippen molar-refractivity contribution in [2.75, 3.05) is 19.6 Å². The molecular weight excluding hydrogens is 300 g/mol. The van der Waals surface area contributed by atoms with Gasteiger partial charge in [0.1, 0.15) is 0 Å². The van der Waals surface area contributed by atoms with E-state index in [1.54, 1.807) is 6.07 Å². The average molecular weight is 324 g/mol. The van der Waals surface area contributed by atoms with E-state index < -0.39 is 0 Å². The maximum atomic E-state index is 12.6. The van der Waals surface area contributed by atoms with Gasteiger partial charge in [0.05, 0.1) is 5.69 Å². The van der Waals surface area contributed by atoms with E-state index in [9.17, 15) is 4.79 Å². The van der Waals surface area contributed by atoms with Crippen LogP contribution in [0.4, 0.5) is 0 Å². The Balaban J connectivity index is 1.66. The predicted molar refractivity (Wildman–Crippen MR) is 93.6 cm³/mol. The number of carbonyl (C=O) groups is 1. The number of aromatic nitrogens is 2. The minimum atomic E-state index is -0.0136. The van der Waals surface area contributed by atoms with Gasteiger partial charge in [-0.25, -0.2) is 0 Å². The molecule has 5 heteroatoms. The summed E-state index contributed by atoms with van der Waals surface area (Å²) in [4.78, 5) is 17.0. The van der Waals surface area contributed by atoms with Crippen molar-refractivity contribution >= 4 is 5.91 Å². The zero-order valence-corrected chi connectivity index (χ0v) is 14.4. The fourth-order valence-electron chi connectivity index (χ4n) is 3.17. The number of nitrogens with zero attached hydrogens (tertiary/aromatic N) is 4. The molecule has 2 aromatic rings. The van der Waals surface area contributed by atoms with Crippen LogP contribution in [-0.4, -0.2) is 51.6 Å². The summed E-state index contributed by atoms with van der Waals surface area (Å²) in [6.07, 6.45) is 1.02. The molecule has 0 spiro atoms. The van der Waals surface area contributed by atoms with Gasteiger partial charge in [-0.1, -0.05) is 37.3 Å². The monoisotopic (exact) mass is 324 g/mol. The fourth-order valence-corrected chi connectivity index (χ4v) is 3.17. The molecular formula is C19H24N4O. The minimum absolute atomic E-state index is 0.0136. The number of benzene rings is 1. The smallest absolute Gasteiger partial charge is 0.274 e. The molecule has 0 radical (unpaired) electrons. The molecule has 1 aliphatic rings. The Morgan fingerprint density at radius 3 is 2.58 bits per heavy atom. The molecule has 1 saturated heterocycles. The van der Waals surface area contributed by atoms with E-state index in [4.69, 9.17) is 0 Å². The van der Waals surface area contributed by atoms with Gasteiger partial charge in [-0.15, -0.1) is 5.10 Å². The van der Waals surface area contributed by atoms with E-state index in [2.05, 4.69) is 46.3 Å². The maximum Gasteiger partial charge on any atom is 0.274 e. The summed E-state index contributed by atoms with van der Waals surface area (Å²) in [7, 11) is 0. The van der Waals surface area contributed by atoms with Crippen molar-refractivity contribution in [1.29, 1.82) is 0 Å². The number of piperazine rings is 1. The van der Waals surface area contributed by atoms with Crippen LogP contribution in [0.2, 0.25) is 0 Å². The first-order valence-corrected chi connectivity index (χ1v) is 8.55. The zero-order valence-electron chi connectivity index (χ0n) is 14.4. The summed E-state index contributed by atoms with van der Waals surface area (Å²) in [5.74, 6) is -0.0136. The van der Waals surface area contributed by atoms with Crippen LogP contribution in [0.3, 0.4) is 0 Å². The van der Waals surface area contributed by atoms with Crippen LogP contribution in [-0.2, 0) is 6.54 Å². The lowest BCUT2D eigenvalue weighted by molar-refractivity contribution is 0.0445. The lowest BCUT2D eigenvalue weighted by atomic mass is 10.1. The van der Waals surface area contributed by atoms with Crippen LogP contribution in [0.25, 0.3) is 0 Å². The third-order valence-corrected chi connectivity index (χ3v) is 4.61. The van der Waals surface area contributed by atoms with Crippen molar-refractivity contribution in [2.24, 2.45) is 0 Å². The van der Waals surface area contributed by atoms with E-state index in [-0.39, 0.29) is 5.91 Å². The van der Waals surface area contributed by atoms with Crippen LogP contribution in [0.1, 0.15) is 35.1 Å². The molecule has 3 rings (SSSR count). The molecule has 1 aliphatic heterocycles. The summed E-state index contributed by atoms with van der Waals surface area (Å²) in [6, 6.07) is 14.5. The minimum Gasteiger partial charge on any atom is -0.334 e. The molecule has 2 heterocycles. The first-order valence-electron chi connectivity index (χ1n) is 8.55. The lowest BCUT2D eigenvalue weighted by Crippen LogP contribution is -2.54. The normalized spacial score (nSPS) is 18.6. The molecule has 0 aliphatic carbocycles. The molecule has 1 unspecified atom stereocenters. The highest BCUT2D eigenvalue weighted by atomic mass is 16.2. The lowest BCUT2D eigenvalue weighted by Gasteiger charge is -2.41. The van der Waals surface area contributed by atoms with Gasteiger partial charge < -0.3 is 4.90 Å². The molecule has 1 atom stereocenters. The van der Waals surface area contributed by atoms with Crippen molar-refractivity contribution in [3.05, 3.63) is 59.4 Å². The summed E-state index contributed by atoms with van der Waals surface area (Å²) in [5, 5.41) is 8.03. The third-order valence-electron chi connectivity index (χ3n) is 4.61. The highest BCUT2D eigenvalue weighted by Gasteiger charge is 2.29. The van der Waals surface area contributed by atoms with Crippen LogP contribution >= 0.6 is 0 Å². The van der Waals surface area contributed by atoms with E-state index in [1.165, 1.54) is 5.56 Å². The van der Waals surface area contributed by atoms with Gasteiger partial charge in [-0.2, -0.15) is 5.10 Å². The quantitative estimate of drug-likeness (QED) is 0.867. The summed E-state index contributed by atoms with van der Waals surface area (Å²) in [5.41, 5.74) is 2.58. The van der Waals surface area contributed by atoms with Gasteiger partial charge in [-0.3, -0.25) is 9.69 Å². The fraction of sp³-hybridized carbons (Fsp3) is 0.421. The van der Waals surface area contributed by atoms with Gasteiger partial charge in [0, 0.05) is 32.2 Å². The molecule has 1 aromatic heterocycles. The molecule has 126 valence electrons. The van der Waals surface area contributed by atoms with Gasteiger partial charge in [0.2, 0.25) is 0 Å². The molecule has 1 aromatic carbocycles. The van der Waals surface area contributed by atoms with Gasteiger partial charge in [0.15, 0.2) is 5.69 Å². The molecule has 1 amide bonds. The second-order valence-corrected chi connectivity index (χ2v) is 6.33. The highest BCUT2D eigenvalue weighted by Crippen LogP contribution is 2.17. The van der Waals surface area contributed by atoms with Crippen molar-refractivity contribution in [2.45, 2.75) is 32.9 Å². The van der Waals surface area contributed by atoms with E-state index in [0.29, 0.717) is 11.7 Å². The number of rotatable bonds is 4. The van der Waals surface area contributed by atoms with Crippen LogP contribution in [0.5, 0.6) is 0 Å². The Bertz CT molecular complexity index is 672. The SMILES string of the molecule is CCC1CN(C(=O)c2ccc(C)nn2)CCN1Cc1ccccc1. The largest absolute Gasteiger partial charge is 0.334 e. The molecule has 0 saturated carbocycles. The Hall–Kier alpha value is -2.27. The summed E-state index contributed by atoms with van der Waals surface area (Å²) in [6.45, 7) is 7.36. The van der Waals surface area contributed by atoms with Crippen molar-refractivity contribution in [1.82, 2.24) is 20.0 Å². The highest BCUT2D eigenvalue weighted by molar-refractivity contribution is 5.92. The Labute approximate surface area is 143 Å². The van der Waals surface area contributed by atoms with Crippen LogP contribution in [0.15, 0.2) is 42.5 Å². The second kappa shape index (κ2) is 7.53.